The Labute approximate surface area is 518 Å². The van der Waals surface area contributed by atoms with Gasteiger partial charge in [0.2, 0.25) is 11.8 Å². The summed E-state index contributed by atoms with van der Waals surface area (Å²) in [6.07, 6.45) is 0. The maximum atomic E-state index is 6.19. The highest BCUT2D eigenvalue weighted by atomic mass is 79.9. The number of oxazole rings is 2. The molecule has 88 heavy (non-hydrogen) atoms. The molecule has 0 N–H and O–H groups in total. The van der Waals surface area contributed by atoms with E-state index in [1.165, 1.54) is 0 Å². The lowest BCUT2D eigenvalue weighted by Gasteiger charge is -2.32. The molecular formula is C74H56BBrN8O4. The van der Waals surface area contributed by atoms with Crippen LogP contribution in [0.4, 0.5) is 0 Å². The molecule has 1 fully saturated rings. The molecule has 426 valence electrons. The molecule has 0 unspecified atom stereocenters. The fraction of sp³-hybridized carbons (Fsp3) is 0.0811. The first-order valence-electron chi connectivity index (χ1n) is 28.8. The number of hydrogen-bond acceptors (Lipinski definition) is 12. The molecule has 12 nitrogen and oxygen atoms in total. The third-order valence-corrected chi connectivity index (χ3v) is 15.8. The molecule has 0 spiro atoms. The van der Waals surface area contributed by atoms with Crippen LogP contribution in [-0.2, 0) is 9.31 Å². The van der Waals surface area contributed by atoms with Gasteiger partial charge in [0.1, 0.15) is 11.0 Å². The van der Waals surface area contributed by atoms with Gasteiger partial charge in [-0.05, 0) is 98.9 Å². The lowest BCUT2D eigenvalue weighted by molar-refractivity contribution is 0.00578. The lowest BCUT2D eigenvalue weighted by Crippen LogP contribution is -2.41. The second kappa shape index (κ2) is 24.9. The summed E-state index contributed by atoms with van der Waals surface area (Å²) in [5, 5.41) is 0. The minimum absolute atomic E-state index is 0.375. The van der Waals surface area contributed by atoms with E-state index in [1.54, 1.807) is 0 Å². The van der Waals surface area contributed by atoms with Crippen molar-refractivity contribution < 1.29 is 18.1 Å². The molecule has 0 atom stereocenters. The van der Waals surface area contributed by atoms with Gasteiger partial charge in [0.05, 0.1) is 11.2 Å². The lowest BCUT2D eigenvalue weighted by atomic mass is 9.79. The van der Waals surface area contributed by atoms with Crippen LogP contribution >= 0.6 is 15.9 Å². The maximum absolute atomic E-state index is 6.19. The summed E-state index contributed by atoms with van der Waals surface area (Å²) in [5.74, 6) is 5.13. The van der Waals surface area contributed by atoms with Crippen molar-refractivity contribution in [2.24, 2.45) is 0 Å². The van der Waals surface area contributed by atoms with E-state index in [0.717, 1.165) is 87.8 Å². The molecule has 15 rings (SSSR count). The number of aromatic nitrogens is 8. The van der Waals surface area contributed by atoms with E-state index in [0.29, 0.717) is 46.7 Å². The Morgan fingerprint density at radius 1 is 0.284 bits per heavy atom. The Morgan fingerprint density at radius 3 is 0.932 bits per heavy atom. The van der Waals surface area contributed by atoms with E-state index in [9.17, 15) is 0 Å². The van der Waals surface area contributed by atoms with Crippen molar-refractivity contribution in [2.75, 3.05) is 0 Å². The van der Waals surface area contributed by atoms with Gasteiger partial charge in [-0.25, -0.2) is 39.9 Å². The first kappa shape index (κ1) is 56.7. The molecule has 0 aliphatic carbocycles. The number of halogens is 1. The third-order valence-electron chi connectivity index (χ3n) is 15.3. The second-order valence-corrected chi connectivity index (χ2v) is 22.8. The zero-order valence-electron chi connectivity index (χ0n) is 48.6. The molecule has 14 aromatic rings. The summed E-state index contributed by atoms with van der Waals surface area (Å²) in [5.41, 5.74) is 13.2. The standard InChI is InChI=1S/C34H22N4O.C27H26BN3O2.C13H8BrNO/c1-4-10-24(11-5-1)31-36-32(25-12-6-2-7-13-25)38-33(37-31)26-18-16-23(17-19-26)28-20-21-30-29(22-28)35-34(39-30)27-14-8-3-9-15-27;1-26(2)27(3,4)33-28(32-26)22-17-15-21(16-18-22)25-30-23(19-11-7-5-8-12-19)29-24(31-25)20-13-9-6-10-14-20;14-10-6-7-12-11(8-10)15-13(16-12)9-4-2-1-3-5-9/h1-22H;5-18H,1-4H3;1-8H. The van der Waals surface area contributed by atoms with Crippen molar-refractivity contribution >= 4 is 50.7 Å². The molecule has 1 aliphatic heterocycles. The zero-order chi connectivity index (χ0) is 60.0. The summed E-state index contributed by atoms with van der Waals surface area (Å²) in [4.78, 5) is 37.9. The van der Waals surface area contributed by atoms with Crippen LogP contribution in [0.2, 0.25) is 0 Å². The first-order valence-corrected chi connectivity index (χ1v) is 29.6. The van der Waals surface area contributed by atoms with Crippen LogP contribution in [0.5, 0.6) is 0 Å². The fourth-order valence-electron chi connectivity index (χ4n) is 9.87. The minimum Gasteiger partial charge on any atom is -0.436 e. The molecule has 14 heteroatoms. The third kappa shape index (κ3) is 12.6. The molecular weight excluding hydrogens is 1160 g/mol. The maximum Gasteiger partial charge on any atom is 0.494 e. The van der Waals surface area contributed by atoms with Gasteiger partial charge in [-0.15, -0.1) is 0 Å². The molecule has 0 bridgehead atoms. The number of rotatable bonds is 10. The Balaban J connectivity index is 0.000000132. The normalized spacial score (nSPS) is 13.1. The Hall–Kier alpha value is -10.4. The van der Waals surface area contributed by atoms with Gasteiger partial charge < -0.3 is 18.1 Å². The van der Waals surface area contributed by atoms with E-state index < -0.39 is 7.12 Å². The van der Waals surface area contributed by atoms with Crippen molar-refractivity contribution in [3.8, 4) is 102 Å². The predicted octanol–water partition coefficient (Wildman–Crippen LogP) is 17.8. The number of benzene rings is 10. The van der Waals surface area contributed by atoms with Gasteiger partial charge in [0.25, 0.3) is 0 Å². The molecule has 4 aromatic heterocycles. The SMILES string of the molecule is Brc1ccc2oc(-c3ccccc3)nc2c1.CC1(C)OB(c2ccc(-c3nc(-c4ccccc4)nc(-c4ccccc4)n3)cc2)OC1(C)C.c1ccc(-c2nc(-c3ccccc3)nc(-c3ccc(-c4ccc5oc(-c6ccccc6)nc5c4)cc3)n2)cc1. The van der Waals surface area contributed by atoms with Crippen LogP contribution in [0.1, 0.15) is 27.7 Å². The average molecular weight is 1210 g/mol. The zero-order valence-corrected chi connectivity index (χ0v) is 50.2. The van der Waals surface area contributed by atoms with Crippen LogP contribution in [0.25, 0.3) is 125 Å². The highest BCUT2D eigenvalue weighted by Gasteiger charge is 2.51. The monoisotopic (exact) mass is 1210 g/mol. The number of nitrogens with zero attached hydrogens (tertiary/aromatic N) is 8. The molecule has 10 aromatic carbocycles. The average Bonchev–Trinajstić information content (AvgIpc) is 3.00. The molecule has 0 amide bonds. The summed E-state index contributed by atoms with van der Waals surface area (Å²) < 4.78 is 25.0. The van der Waals surface area contributed by atoms with Gasteiger partial charge in [0.15, 0.2) is 46.1 Å². The Morgan fingerprint density at radius 2 is 0.568 bits per heavy atom. The van der Waals surface area contributed by atoms with E-state index >= 15 is 0 Å². The van der Waals surface area contributed by atoms with E-state index in [-0.39, 0.29) is 11.2 Å². The smallest absolute Gasteiger partial charge is 0.436 e. The van der Waals surface area contributed by atoms with Crippen molar-refractivity contribution in [2.45, 2.75) is 38.9 Å². The van der Waals surface area contributed by atoms with Crippen LogP contribution in [-0.4, -0.2) is 58.2 Å². The van der Waals surface area contributed by atoms with Crippen LogP contribution in [0, 0.1) is 0 Å². The second-order valence-electron chi connectivity index (χ2n) is 21.9. The van der Waals surface area contributed by atoms with Gasteiger partial charge in [-0.3, -0.25) is 0 Å². The summed E-state index contributed by atoms with van der Waals surface area (Å²) in [6.45, 7) is 8.23. The molecule has 0 radical (unpaired) electrons. The predicted molar refractivity (Wildman–Crippen MR) is 354 cm³/mol. The van der Waals surface area contributed by atoms with E-state index in [2.05, 4.69) is 85.0 Å². The Bertz CT molecular complexity index is 4550. The van der Waals surface area contributed by atoms with Crippen molar-refractivity contribution in [3.05, 3.63) is 271 Å². The number of hydrogen-bond donors (Lipinski definition) is 0. The van der Waals surface area contributed by atoms with Crippen LogP contribution < -0.4 is 5.46 Å². The molecule has 1 saturated heterocycles. The van der Waals surface area contributed by atoms with Crippen molar-refractivity contribution in [1.29, 1.82) is 0 Å². The van der Waals surface area contributed by atoms with Gasteiger partial charge in [-0.1, -0.05) is 228 Å². The van der Waals surface area contributed by atoms with Crippen LogP contribution in [0.15, 0.2) is 280 Å². The highest BCUT2D eigenvalue weighted by molar-refractivity contribution is 9.10. The van der Waals surface area contributed by atoms with E-state index in [4.69, 9.17) is 53.0 Å². The fourth-order valence-corrected chi connectivity index (χ4v) is 10.2. The van der Waals surface area contributed by atoms with Gasteiger partial charge in [-0.2, -0.15) is 0 Å². The molecule has 1 aliphatic rings. The van der Waals surface area contributed by atoms with Crippen LogP contribution in [0.3, 0.4) is 0 Å². The summed E-state index contributed by atoms with van der Waals surface area (Å²) >= 11 is 3.42. The van der Waals surface area contributed by atoms with Crippen molar-refractivity contribution in [1.82, 2.24) is 39.9 Å². The van der Waals surface area contributed by atoms with E-state index in [1.807, 2.05) is 231 Å². The largest absolute Gasteiger partial charge is 0.494 e. The van der Waals surface area contributed by atoms with Gasteiger partial charge in [0, 0.05) is 49.0 Å². The topological polar surface area (TPSA) is 148 Å². The first-order chi connectivity index (χ1) is 42.9. The minimum atomic E-state index is -0.401. The Kier molecular flexibility index (Phi) is 16.1. The summed E-state index contributed by atoms with van der Waals surface area (Å²) in [7, 11) is -0.401. The number of fused-ring (bicyclic) bond motifs is 2. The summed E-state index contributed by atoms with van der Waals surface area (Å²) in [6, 6.07) is 88.0. The van der Waals surface area contributed by atoms with Crippen molar-refractivity contribution in [3.63, 3.8) is 0 Å². The molecule has 0 saturated carbocycles. The highest BCUT2D eigenvalue weighted by Crippen LogP contribution is 2.37. The molecule has 5 heterocycles. The quantitative estimate of drug-likeness (QED) is 0.120. The van der Waals surface area contributed by atoms with Gasteiger partial charge >= 0.3 is 7.12 Å².